The van der Waals surface area contributed by atoms with E-state index >= 15 is 0 Å². The second-order valence-corrected chi connectivity index (χ2v) is 5.53. The van der Waals surface area contributed by atoms with Crippen molar-refractivity contribution in [3.8, 4) is 0 Å². The number of aryl methyl sites for hydroxylation is 1. The van der Waals surface area contributed by atoms with E-state index in [-0.39, 0.29) is 30.3 Å². The molecule has 5 heteroatoms. The third-order valence-corrected chi connectivity index (χ3v) is 3.68. The predicted molar refractivity (Wildman–Crippen MR) is 78.1 cm³/mol. The summed E-state index contributed by atoms with van der Waals surface area (Å²) in [7, 11) is 0. The fraction of sp³-hybridized carbons (Fsp3) is 0.467. The molecule has 1 aliphatic heterocycles. The second-order valence-electron chi connectivity index (χ2n) is 5.53. The molecule has 1 aromatic rings. The normalized spacial score (nSPS) is 22.8. The first-order valence-electron chi connectivity index (χ1n) is 6.85. The first-order chi connectivity index (χ1) is 9.45. The van der Waals surface area contributed by atoms with Gasteiger partial charge in [-0.15, -0.1) is 0 Å². The zero-order valence-electron chi connectivity index (χ0n) is 11.9. The molecule has 2 atom stereocenters. The van der Waals surface area contributed by atoms with Gasteiger partial charge in [0.1, 0.15) is 0 Å². The van der Waals surface area contributed by atoms with Gasteiger partial charge >= 0.3 is 0 Å². The smallest absolute Gasteiger partial charge is 0.243 e. The number of nitrogens with zero attached hydrogens (tertiary/aromatic N) is 1. The van der Waals surface area contributed by atoms with Gasteiger partial charge in [0.25, 0.3) is 0 Å². The number of carbonyl (C=O) groups excluding carboxylic acids is 2. The van der Waals surface area contributed by atoms with Gasteiger partial charge in [-0.05, 0) is 25.0 Å². The lowest BCUT2D eigenvalue weighted by Gasteiger charge is -2.34. The van der Waals surface area contributed by atoms with Crippen LogP contribution in [0.25, 0.3) is 0 Å². The minimum absolute atomic E-state index is 0.00161. The van der Waals surface area contributed by atoms with Gasteiger partial charge in [0.05, 0.1) is 6.54 Å². The van der Waals surface area contributed by atoms with E-state index in [2.05, 4.69) is 5.32 Å². The van der Waals surface area contributed by atoms with Crippen LogP contribution < -0.4 is 11.1 Å². The molecule has 1 fully saturated rings. The lowest BCUT2D eigenvalue weighted by Crippen LogP contribution is -2.52. The third-order valence-electron chi connectivity index (χ3n) is 3.68. The van der Waals surface area contributed by atoms with Crippen molar-refractivity contribution in [1.82, 2.24) is 4.90 Å². The molecule has 0 radical (unpaired) electrons. The number of benzene rings is 1. The van der Waals surface area contributed by atoms with E-state index in [0.717, 1.165) is 11.3 Å². The number of amides is 2. The first kappa shape index (κ1) is 14.5. The van der Waals surface area contributed by atoms with Gasteiger partial charge in [0, 0.05) is 24.7 Å². The molecule has 1 saturated heterocycles. The number of nitrogens with one attached hydrogen (secondary N) is 1. The van der Waals surface area contributed by atoms with Crippen LogP contribution in [0.1, 0.15) is 18.9 Å². The Morgan fingerprint density at radius 2 is 2.05 bits per heavy atom. The molecule has 2 unspecified atom stereocenters. The number of likely N-dealkylation sites (tertiary alicyclic amines) is 1. The summed E-state index contributed by atoms with van der Waals surface area (Å²) in [6, 6.07) is 7.50. The standard InChI is InChI=1S/C15H21N3O2/c1-10-3-5-12(6-4-10)17-14(19)9-18-8-13(16)11(2)7-15(18)20/h3-6,11,13H,7-9,16H2,1-2H3,(H,17,19). The first-order valence-corrected chi connectivity index (χ1v) is 6.85. The Bertz CT molecular complexity index is 498. The molecule has 5 nitrogen and oxygen atoms in total. The zero-order valence-corrected chi connectivity index (χ0v) is 11.9. The monoisotopic (exact) mass is 275 g/mol. The van der Waals surface area contributed by atoms with Crippen molar-refractivity contribution in [3.05, 3.63) is 29.8 Å². The highest BCUT2D eigenvalue weighted by Gasteiger charge is 2.30. The largest absolute Gasteiger partial charge is 0.332 e. The maximum absolute atomic E-state index is 12.0. The summed E-state index contributed by atoms with van der Waals surface area (Å²) in [5.74, 6) is -0.0128. The molecule has 1 heterocycles. The van der Waals surface area contributed by atoms with Gasteiger partial charge in [0.15, 0.2) is 0 Å². The van der Waals surface area contributed by atoms with E-state index in [1.54, 1.807) is 0 Å². The van der Waals surface area contributed by atoms with Gasteiger partial charge < -0.3 is 16.0 Å². The maximum Gasteiger partial charge on any atom is 0.243 e. The average Bonchev–Trinajstić information content (AvgIpc) is 2.39. The van der Waals surface area contributed by atoms with Crippen LogP contribution in [0, 0.1) is 12.8 Å². The molecule has 0 spiro atoms. The molecule has 1 aromatic carbocycles. The Hall–Kier alpha value is -1.88. The van der Waals surface area contributed by atoms with Crippen molar-refractivity contribution in [2.24, 2.45) is 11.7 Å². The maximum atomic E-state index is 12.0. The highest BCUT2D eigenvalue weighted by atomic mass is 16.2. The molecular formula is C15H21N3O2. The van der Waals surface area contributed by atoms with Crippen molar-refractivity contribution < 1.29 is 9.59 Å². The molecule has 2 rings (SSSR count). The Morgan fingerprint density at radius 3 is 2.70 bits per heavy atom. The van der Waals surface area contributed by atoms with Crippen molar-refractivity contribution >= 4 is 17.5 Å². The third kappa shape index (κ3) is 3.57. The van der Waals surface area contributed by atoms with Gasteiger partial charge in [-0.2, -0.15) is 0 Å². The molecule has 2 amide bonds. The molecular weight excluding hydrogens is 254 g/mol. The summed E-state index contributed by atoms with van der Waals surface area (Å²) in [5, 5.41) is 2.79. The number of piperidine rings is 1. The van der Waals surface area contributed by atoms with E-state index in [0.29, 0.717) is 13.0 Å². The van der Waals surface area contributed by atoms with Gasteiger partial charge in [0.2, 0.25) is 11.8 Å². The van der Waals surface area contributed by atoms with Crippen LogP contribution in [-0.4, -0.2) is 35.8 Å². The molecule has 0 aliphatic carbocycles. The van der Waals surface area contributed by atoms with E-state index in [4.69, 9.17) is 5.73 Å². The fourth-order valence-electron chi connectivity index (χ4n) is 2.26. The van der Waals surface area contributed by atoms with Crippen LogP contribution in [0.3, 0.4) is 0 Å². The van der Waals surface area contributed by atoms with Gasteiger partial charge in [-0.1, -0.05) is 24.6 Å². The topological polar surface area (TPSA) is 75.4 Å². The van der Waals surface area contributed by atoms with Crippen molar-refractivity contribution in [2.75, 3.05) is 18.4 Å². The molecule has 0 bridgehead atoms. The van der Waals surface area contributed by atoms with Crippen LogP contribution >= 0.6 is 0 Å². The quantitative estimate of drug-likeness (QED) is 0.868. The van der Waals surface area contributed by atoms with E-state index in [9.17, 15) is 9.59 Å². The Kier molecular flexibility index (Phi) is 4.39. The Labute approximate surface area is 119 Å². The molecule has 3 N–H and O–H groups in total. The summed E-state index contributed by atoms with van der Waals surface area (Å²) >= 11 is 0. The molecule has 20 heavy (non-hydrogen) atoms. The van der Waals surface area contributed by atoms with Crippen LogP contribution in [0.5, 0.6) is 0 Å². The lowest BCUT2D eigenvalue weighted by molar-refractivity contribution is -0.138. The fourth-order valence-corrected chi connectivity index (χ4v) is 2.26. The van der Waals surface area contributed by atoms with Gasteiger partial charge in [-0.3, -0.25) is 9.59 Å². The number of hydrogen-bond acceptors (Lipinski definition) is 3. The highest BCUT2D eigenvalue weighted by molar-refractivity contribution is 5.94. The molecule has 0 saturated carbocycles. The number of carbonyl (C=O) groups is 2. The van der Waals surface area contributed by atoms with Crippen LogP contribution in [0.2, 0.25) is 0 Å². The SMILES string of the molecule is Cc1ccc(NC(=O)CN2CC(N)C(C)CC2=O)cc1. The predicted octanol–water partition coefficient (Wildman–Crippen LogP) is 1.13. The average molecular weight is 275 g/mol. The molecule has 108 valence electrons. The summed E-state index contributed by atoms with van der Waals surface area (Å²) in [5.41, 5.74) is 7.82. The molecule has 1 aliphatic rings. The Balaban J connectivity index is 1.91. The summed E-state index contributed by atoms with van der Waals surface area (Å²) in [6.45, 7) is 4.46. The summed E-state index contributed by atoms with van der Waals surface area (Å²) in [4.78, 5) is 25.4. The van der Waals surface area contributed by atoms with E-state index < -0.39 is 0 Å². The summed E-state index contributed by atoms with van der Waals surface area (Å²) in [6.07, 6.45) is 0.416. The zero-order chi connectivity index (χ0) is 14.7. The Morgan fingerprint density at radius 1 is 1.40 bits per heavy atom. The number of hydrogen-bond donors (Lipinski definition) is 2. The van der Waals surface area contributed by atoms with Crippen molar-refractivity contribution in [3.63, 3.8) is 0 Å². The van der Waals surface area contributed by atoms with E-state index in [1.165, 1.54) is 4.90 Å². The highest BCUT2D eigenvalue weighted by Crippen LogP contribution is 2.17. The number of rotatable bonds is 3. The number of nitrogens with two attached hydrogens (primary N) is 1. The second kappa shape index (κ2) is 6.05. The van der Waals surface area contributed by atoms with Crippen molar-refractivity contribution in [1.29, 1.82) is 0 Å². The number of anilines is 1. The van der Waals surface area contributed by atoms with E-state index in [1.807, 2.05) is 38.1 Å². The minimum atomic E-state index is -0.191. The lowest BCUT2D eigenvalue weighted by atomic mass is 9.94. The van der Waals surface area contributed by atoms with Gasteiger partial charge in [-0.25, -0.2) is 0 Å². The van der Waals surface area contributed by atoms with Crippen LogP contribution in [0.4, 0.5) is 5.69 Å². The van der Waals surface area contributed by atoms with Crippen molar-refractivity contribution in [2.45, 2.75) is 26.3 Å². The molecule has 0 aromatic heterocycles. The minimum Gasteiger partial charge on any atom is -0.332 e. The van der Waals surface area contributed by atoms with Crippen LogP contribution in [0.15, 0.2) is 24.3 Å². The van der Waals surface area contributed by atoms with Crippen LogP contribution in [-0.2, 0) is 9.59 Å². The summed E-state index contributed by atoms with van der Waals surface area (Å²) < 4.78 is 0.